The zero-order valence-corrected chi connectivity index (χ0v) is 18.0. The van der Waals surface area contributed by atoms with Gasteiger partial charge in [-0.15, -0.1) is 0 Å². The van der Waals surface area contributed by atoms with E-state index in [2.05, 4.69) is 36.8 Å². The number of benzene rings is 1. The fourth-order valence-electron chi connectivity index (χ4n) is 3.61. The summed E-state index contributed by atoms with van der Waals surface area (Å²) in [5.74, 6) is 0.131. The lowest BCUT2D eigenvalue weighted by Gasteiger charge is -2.15. The van der Waals surface area contributed by atoms with E-state index in [4.69, 9.17) is 5.11 Å². The highest BCUT2D eigenvalue weighted by molar-refractivity contribution is 5.85. The Morgan fingerprint density at radius 2 is 1.79 bits per heavy atom. The number of aryl methyl sites for hydroxylation is 1. The first-order chi connectivity index (χ1) is 14.0. The Balaban J connectivity index is 2.16. The number of aliphatic carboxylic acids is 1. The molecule has 1 N–H and O–H groups in total. The van der Waals surface area contributed by atoms with E-state index in [0.717, 1.165) is 41.8 Å². The van der Waals surface area contributed by atoms with Crippen LogP contribution in [0.3, 0.4) is 0 Å². The van der Waals surface area contributed by atoms with Crippen molar-refractivity contribution in [2.24, 2.45) is 0 Å². The third-order valence-electron chi connectivity index (χ3n) is 5.28. The zero-order valence-electron chi connectivity index (χ0n) is 18.0. The largest absolute Gasteiger partial charge is 0.478 e. The van der Waals surface area contributed by atoms with Gasteiger partial charge in [0.15, 0.2) is 5.82 Å². The molecular formula is C25H34N2O2. The van der Waals surface area contributed by atoms with Crippen LogP contribution in [-0.2, 0) is 11.2 Å². The van der Waals surface area contributed by atoms with E-state index in [1.54, 1.807) is 6.08 Å². The summed E-state index contributed by atoms with van der Waals surface area (Å²) in [5, 5.41) is 8.96. The molecule has 0 bridgehead atoms. The molecule has 1 aromatic heterocycles. The molecule has 1 unspecified atom stereocenters. The third-order valence-corrected chi connectivity index (χ3v) is 5.28. The first-order valence-corrected chi connectivity index (χ1v) is 10.9. The van der Waals surface area contributed by atoms with Crippen molar-refractivity contribution in [1.82, 2.24) is 9.97 Å². The molecule has 0 saturated carbocycles. The van der Waals surface area contributed by atoms with Crippen molar-refractivity contribution in [3.63, 3.8) is 0 Å². The van der Waals surface area contributed by atoms with Crippen LogP contribution in [0.2, 0.25) is 0 Å². The number of hydrogen-bond acceptors (Lipinski definition) is 3. The molecule has 2 aromatic rings. The molecule has 0 radical (unpaired) electrons. The molecule has 0 aliphatic heterocycles. The number of nitrogens with zero attached hydrogens (tertiary/aromatic N) is 2. The molecule has 1 heterocycles. The monoisotopic (exact) mass is 394 g/mol. The van der Waals surface area contributed by atoms with Gasteiger partial charge in [0.1, 0.15) is 0 Å². The second kappa shape index (κ2) is 12.2. The summed E-state index contributed by atoms with van der Waals surface area (Å²) in [6.45, 7) is 6.58. The van der Waals surface area contributed by atoms with Crippen LogP contribution in [0.1, 0.15) is 88.3 Å². The molecule has 0 spiro atoms. The molecule has 4 nitrogen and oxygen atoms in total. The first kappa shape index (κ1) is 22.8. The normalized spacial score (nSPS) is 12.4. The number of aromatic nitrogens is 2. The van der Waals surface area contributed by atoms with Gasteiger partial charge in [-0.25, -0.2) is 14.8 Å². The quantitative estimate of drug-likeness (QED) is 0.323. The van der Waals surface area contributed by atoms with Gasteiger partial charge < -0.3 is 5.11 Å². The summed E-state index contributed by atoms with van der Waals surface area (Å²) in [6, 6.07) is 6.06. The van der Waals surface area contributed by atoms with Gasteiger partial charge in [0.2, 0.25) is 0 Å². The van der Waals surface area contributed by atoms with Crippen molar-refractivity contribution in [3.05, 3.63) is 53.4 Å². The Morgan fingerprint density at radius 3 is 2.45 bits per heavy atom. The topological polar surface area (TPSA) is 63.1 Å². The number of carboxylic acid groups (broad SMARTS) is 1. The molecule has 0 saturated heterocycles. The standard InChI is InChI=1S/C25H34N2O2/c1-4-6-7-8-9-11-20-17-26-25(27-18-20)22-13-12-21(14-15-24(28)29)23(16-22)19(3)10-5-2/h12-19H,4-11H2,1-3H3,(H,28,29)/b15-14+. The maximum absolute atomic E-state index is 10.9. The average molecular weight is 395 g/mol. The fraction of sp³-hybridized carbons (Fsp3) is 0.480. The summed E-state index contributed by atoms with van der Waals surface area (Å²) in [5.41, 5.74) is 4.25. The first-order valence-electron chi connectivity index (χ1n) is 10.9. The summed E-state index contributed by atoms with van der Waals surface area (Å²) < 4.78 is 0. The molecule has 0 amide bonds. The highest BCUT2D eigenvalue weighted by atomic mass is 16.4. The van der Waals surface area contributed by atoms with Crippen molar-refractivity contribution in [2.45, 2.75) is 78.1 Å². The Kier molecular flexibility index (Phi) is 9.55. The fourth-order valence-corrected chi connectivity index (χ4v) is 3.61. The molecule has 29 heavy (non-hydrogen) atoms. The Labute approximate surface area is 175 Å². The number of rotatable bonds is 12. The van der Waals surface area contributed by atoms with Gasteiger partial charge in [-0.3, -0.25) is 0 Å². The summed E-state index contributed by atoms with van der Waals surface area (Å²) >= 11 is 0. The Bertz CT molecular complexity index is 797. The maximum atomic E-state index is 10.9. The van der Waals surface area contributed by atoms with Gasteiger partial charge in [-0.05, 0) is 54.0 Å². The van der Waals surface area contributed by atoms with Crippen molar-refractivity contribution >= 4 is 12.0 Å². The van der Waals surface area contributed by atoms with Crippen LogP contribution in [0.15, 0.2) is 36.7 Å². The second-order valence-electron chi connectivity index (χ2n) is 7.78. The van der Waals surface area contributed by atoms with Gasteiger partial charge in [-0.2, -0.15) is 0 Å². The highest BCUT2D eigenvalue weighted by Crippen LogP contribution is 2.29. The van der Waals surface area contributed by atoms with Crippen LogP contribution in [0.5, 0.6) is 0 Å². The van der Waals surface area contributed by atoms with Crippen LogP contribution in [-0.4, -0.2) is 21.0 Å². The number of carboxylic acids is 1. The predicted octanol–water partition coefficient (Wildman–Crippen LogP) is 6.66. The molecule has 1 atom stereocenters. The number of unbranched alkanes of at least 4 members (excludes halogenated alkanes) is 4. The molecule has 156 valence electrons. The minimum absolute atomic E-state index is 0.343. The molecule has 0 fully saturated rings. The van der Waals surface area contributed by atoms with E-state index in [1.165, 1.54) is 43.7 Å². The van der Waals surface area contributed by atoms with E-state index < -0.39 is 5.97 Å². The molecule has 0 aliphatic rings. The van der Waals surface area contributed by atoms with Gasteiger partial charge in [0.05, 0.1) is 0 Å². The van der Waals surface area contributed by atoms with E-state index in [-0.39, 0.29) is 0 Å². The maximum Gasteiger partial charge on any atom is 0.328 e. The average Bonchev–Trinajstić information content (AvgIpc) is 2.72. The van der Waals surface area contributed by atoms with Crippen LogP contribution in [0.25, 0.3) is 17.5 Å². The number of hydrogen-bond donors (Lipinski definition) is 1. The van der Waals surface area contributed by atoms with Crippen molar-refractivity contribution < 1.29 is 9.90 Å². The molecular weight excluding hydrogens is 360 g/mol. The van der Waals surface area contributed by atoms with Crippen LogP contribution < -0.4 is 0 Å². The van der Waals surface area contributed by atoms with Gasteiger partial charge in [0.25, 0.3) is 0 Å². The minimum Gasteiger partial charge on any atom is -0.478 e. The van der Waals surface area contributed by atoms with Crippen LogP contribution >= 0.6 is 0 Å². The van der Waals surface area contributed by atoms with E-state index >= 15 is 0 Å². The second-order valence-corrected chi connectivity index (χ2v) is 7.78. The Hall–Kier alpha value is -2.49. The van der Waals surface area contributed by atoms with Crippen molar-refractivity contribution in [1.29, 1.82) is 0 Å². The molecule has 1 aromatic carbocycles. The SMILES string of the molecule is CCCCCCCc1cnc(-c2ccc(/C=C/C(=O)O)c(C(C)CCC)c2)nc1. The lowest BCUT2D eigenvalue weighted by molar-refractivity contribution is -0.131. The van der Waals surface area contributed by atoms with Crippen molar-refractivity contribution in [3.8, 4) is 11.4 Å². The molecule has 2 rings (SSSR count). The third kappa shape index (κ3) is 7.45. The lowest BCUT2D eigenvalue weighted by Crippen LogP contribution is -1.99. The summed E-state index contributed by atoms with van der Waals surface area (Å²) in [7, 11) is 0. The van der Waals surface area contributed by atoms with E-state index in [1.807, 2.05) is 24.5 Å². The summed E-state index contributed by atoms with van der Waals surface area (Å²) in [4.78, 5) is 20.1. The van der Waals surface area contributed by atoms with Crippen molar-refractivity contribution in [2.75, 3.05) is 0 Å². The Morgan fingerprint density at radius 1 is 1.07 bits per heavy atom. The van der Waals surface area contributed by atoms with Crippen LogP contribution in [0, 0.1) is 0 Å². The highest BCUT2D eigenvalue weighted by Gasteiger charge is 2.12. The van der Waals surface area contributed by atoms with Gasteiger partial charge in [-0.1, -0.05) is 65.0 Å². The smallest absolute Gasteiger partial charge is 0.328 e. The van der Waals surface area contributed by atoms with Crippen LogP contribution in [0.4, 0.5) is 0 Å². The number of carbonyl (C=O) groups is 1. The molecule has 0 aliphatic carbocycles. The predicted molar refractivity (Wildman–Crippen MR) is 120 cm³/mol. The lowest BCUT2D eigenvalue weighted by atomic mass is 9.90. The minimum atomic E-state index is -0.934. The zero-order chi connectivity index (χ0) is 21.1. The van der Waals surface area contributed by atoms with Gasteiger partial charge >= 0.3 is 5.97 Å². The summed E-state index contributed by atoms with van der Waals surface area (Å²) in [6.07, 6.45) is 16.2. The van der Waals surface area contributed by atoms with Gasteiger partial charge in [0, 0.05) is 24.0 Å². The van der Waals surface area contributed by atoms with E-state index in [9.17, 15) is 4.79 Å². The van der Waals surface area contributed by atoms with E-state index in [0.29, 0.717) is 5.92 Å². The molecule has 4 heteroatoms.